The second-order valence-electron chi connectivity index (χ2n) is 2.33. The van der Waals surface area contributed by atoms with Gasteiger partial charge in [0.1, 0.15) is 0 Å². The van der Waals surface area contributed by atoms with Gasteiger partial charge in [0.2, 0.25) is 5.28 Å². The summed E-state index contributed by atoms with van der Waals surface area (Å²) in [6.07, 6.45) is 2.66. The van der Waals surface area contributed by atoms with Gasteiger partial charge in [0.15, 0.2) is 5.52 Å². The van der Waals surface area contributed by atoms with E-state index in [4.69, 9.17) is 11.6 Å². The molecule has 13 heavy (non-hydrogen) atoms. The van der Waals surface area contributed by atoms with Gasteiger partial charge in [-0.3, -0.25) is 10.1 Å². The molecule has 0 radical (unpaired) electrons. The van der Waals surface area contributed by atoms with E-state index in [0.717, 1.165) is 0 Å². The predicted octanol–water partition coefficient (Wildman–Crippen LogP) is 1.52. The number of rotatable bonds is 1. The van der Waals surface area contributed by atoms with Gasteiger partial charge >= 0.3 is 5.69 Å². The Bertz CT molecular complexity index is 480. The predicted molar refractivity (Wildman–Crippen MR) is 45.6 cm³/mol. The Hall–Kier alpha value is -1.69. The number of halogens is 1. The van der Waals surface area contributed by atoms with Crippen LogP contribution in [0.25, 0.3) is 11.0 Å². The first-order chi connectivity index (χ1) is 6.18. The molecule has 0 amide bonds. The molecule has 66 valence electrons. The number of hydrogen-bond donors (Lipinski definition) is 1. The lowest BCUT2D eigenvalue weighted by atomic mass is 10.4. The highest BCUT2D eigenvalue weighted by Crippen LogP contribution is 2.22. The van der Waals surface area contributed by atoms with Crippen LogP contribution in [-0.4, -0.2) is 19.9 Å². The summed E-state index contributed by atoms with van der Waals surface area (Å²) in [6, 6.07) is 0. The van der Waals surface area contributed by atoms with Crippen LogP contribution in [-0.2, 0) is 0 Å². The third-order valence-electron chi connectivity index (χ3n) is 1.56. The number of hydrogen-bond acceptors (Lipinski definition) is 4. The largest absolute Gasteiger partial charge is 0.353 e. The minimum atomic E-state index is -0.526. The molecule has 0 bridgehead atoms. The molecular formula is C6H3ClN4O2. The average molecular weight is 199 g/mol. The third kappa shape index (κ3) is 1.20. The van der Waals surface area contributed by atoms with Crippen LogP contribution in [0.4, 0.5) is 5.69 Å². The molecule has 0 aromatic carbocycles. The molecule has 0 aliphatic rings. The van der Waals surface area contributed by atoms with Crippen LogP contribution in [0.3, 0.4) is 0 Å². The van der Waals surface area contributed by atoms with Gasteiger partial charge in [0.25, 0.3) is 0 Å². The molecule has 0 aliphatic carbocycles. The third-order valence-corrected chi connectivity index (χ3v) is 1.75. The zero-order valence-electron chi connectivity index (χ0n) is 6.19. The van der Waals surface area contributed by atoms with Crippen LogP contribution in [0, 0.1) is 10.1 Å². The number of aromatic amines is 1. The fourth-order valence-electron chi connectivity index (χ4n) is 1.01. The van der Waals surface area contributed by atoms with E-state index >= 15 is 0 Å². The van der Waals surface area contributed by atoms with Gasteiger partial charge in [-0.15, -0.1) is 0 Å². The summed E-state index contributed by atoms with van der Waals surface area (Å²) in [5.41, 5.74) is 0.625. The molecule has 0 spiro atoms. The Morgan fingerprint density at radius 1 is 1.62 bits per heavy atom. The van der Waals surface area contributed by atoms with E-state index in [-0.39, 0.29) is 16.5 Å². The van der Waals surface area contributed by atoms with Crippen molar-refractivity contribution >= 4 is 28.3 Å². The number of nitrogens with zero attached hydrogens (tertiary/aromatic N) is 3. The number of H-pyrrole nitrogens is 1. The molecule has 0 saturated heterocycles. The van der Waals surface area contributed by atoms with Crippen molar-refractivity contribution in [3.8, 4) is 0 Å². The van der Waals surface area contributed by atoms with Crippen molar-refractivity contribution in [2.45, 2.75) is 0 Å². The van der Waals surface area contributed by atoms with Gasteiger partial charge in [-0.05, 0) is 11.6 Å². The number of nitro groups is 1. The Morgan fingerprint density at radius 2 is 2.38 bits per heavy atom. The second-order valence-corrected chi connectivity index (χ2v) is 2.67. The van der Waals surface area contributed by atoms with Crippen molar-refractivity contribution in [3.63, 3.8) is 0 Å². The van der Waals surface area contributed by atoms with Crippen molar-refractivity contribution in [1.29, 1.82) is 0 Å². The van der Waals surface area contributed by atoms with E-state index in [9.17, 15) is 10.1 Å². The number of fused-ring (bicyclic) bond motifs is 1. The molecule has 0 atom stereocenters. The molecule has 7 heteroatoms. The maximum absolute atomic E-state index is 10.5. The lowest BCUT2D eigenvalue weighted by Gasteiger charge is -1.89. The Morgan fingerprint density at radius 3 is 3.08 bits per heavy atom. The normalized spacial score (nSPS) is 10.5. The van der Waals surface area contributed by atoms with E-state index in [1.807, 2.05) is 0 Å². The highest BCUT2D eigenvalue weighted by molar-refractivity contribution is 6.28. The summed E-state index contributed by atoms with van der Waals surface area (Å²) in [5, 5.41) is 10.5. The van der Waals surface area contributed by atoms with Crippen LogP contribution < -0.4 is 0 Å². The maximum Gasteiger partial charge on any atom is 0.312 e. The quantitative estimate of drug-likeness (QED) is 0.428. The molecule has 2 heterocycles. The molecule has 2 aromatic rings. The highest BCUT2D eigenvalue weighted by atomic mass is 35.5. The highest BCUT2D eigenvalue weighted by Gasteiger charge is 2.15. The standard InChI is InChI=1S/C6H3ClN4O2/c7-6-9-1-3-5(10-6)4(2-8-3)11(12)13/h1-2,8H. The summed E-state index contributed by atoms with van der Waals surface area (Å²) in [6.45, 7) is 0. The van der Waals surface area contributed by atoms with E-state index < -0.39 is 4.92 Å². The van der Waals surface area contributed by atoms with Crippen LogP contribution in [0.1, 0.15) is 0 Å². The smallest absolute Gasteiger partial charge is 0.312 e. The summed E-state index contributed by atoms with van der Waals surface area (Å²) in [7, 11) is 0. The van der Waals surface area contributed by atoms with E-state index in [2.05, 4.69) is 15.0 Å². The van der Waals surface area contributed by atoms with E-state index in [0.29, 0.717) is 5.52 Å². The van der Waals surface area contributed by atoms with Crippen molar-refractivity contribution in [1.82, 2.24) is 15.0 Å². The zero-order chi connectivity index (χ0) is 9.42. The van der Waals surface area contributed by atoms with E-state index in [1.54, 1.807) is 0 Å². The Balaban J connectivity index is 2.79. The van der Waals surface area contributed by atoms with Crippen LogP contribution >= 0.6 is 11.6 Å². The molecular weight excluding hydrogens is 196 g/mol. The Kier molecular flexibility index (Phi) is 1.63. The minimum Gasteiger partial charge on any atom is -0.353 e. The first-order valence-electron chi connectivity index (χ1n) is 3.32. The Labute approximate surface area is 76.7 Å². The van der Waals surface area contributed by atoms with Gasteiger partial charge in [-0.2, -0.15) is 0 Å². The number of nitrogens with one attached hydrogen (secondary N) is 1. The van der Waals surface area contributed by atoms with Crippen LogP contribution in [0.15, 0.2) is 12.4 Å². The van der Waals surface area contributed by atoms with Gasteiger partial charge in [0.05, 0.1) is 22.8 Å². The molecule has 1 N–H and O–H groups in total. The monoisotopic (exact) mass is 198 g/mol. The lowest BCUT2D eigenvalue weighted by molar-refractivity contribution is -0.383. The van der Waals surface area contributed by atoms with Gasteiger partial charge in [-0.25, -0.2) is 9.97 Å². The molecule has 2 rings (SSSR count). The first-order valence-corrected chi connectivity index (χ1v) is 3.70. The molecule has 6 nitrogen and oxygen atoms in total. The van der Waals surface area contributed by atoms with Crippen molar-refractivity contribution < 1.29 is 4.92 Å². The maximum atomic E-state index is 10.5. The zero-order valence-corrected chi connectivity index (χ0v) is 6.95. The summed E-state index contributed by atoms with van der Waals surface area (Å²) in [4.78, 5) is 20.0. The first kappa shape index (κ1) is 7.93. The topological polar surface area (TPSA) is 84.7 Å². The molecule has 0 unspecified atom stereocenters. The van der Waals surface area contributed by atoms with Gasteiger partial charge in [0, 0.05) is 0 Å². The summed E-state index contributed by atoms with van der Waals surface area (Å²) >= 11 is 5.49. The molecule has 0 aliphatic heterocycles. The average Bonchev–Trinajstić information content (AvgIpc) is 2.46. The van der Waals surface area contributed by atoms with Gasteiger partial charge < -0.3 is 4.98 Å². The molecule has 2 aromatic heterocycles. The fraction of sp³-hybridized carbons (Fsp3) is 0. The molecule has 0 fully saturated rings. The fourth-order valence-corrected chi connectivity index (χ4v) is 1.15. The van der Waals surface area contributed by atoms with Crippen molar-refractivity contribution in [3.05, 3.63) is 27.8 Å². The minimum absolute atomic E-state index is 0.00444. The van der Waals surface area contributed by atoms with Crippen molar-refractivity contribution in [2.24, 2.45) is 0 Å². The summed E-state index contributed by atoms with van der Waals surface area (Å²) in [5.74, 6) is 0. The second kappa shape index (κ2) is 2.67. The lowest BCUT2D eigenvalue weighted by Crippen LogP contribution is -1.88. The van der Waals surface area contributed by atoms with Gasteiger partial charge in [-0.1, -0.05) is 0 Å². The van der Waals surface area contributed by atoms with Crippen molar-refractivity contribution in [2.75, 3.05) is 0 Å². The van der Waals surface area contributed by atoms with Crippen LogP contribution in [0.5, 0.6) is 0 Å². The van der Waals surface area contributed by atoms with E-state index in [1.165, 1.54) is 12.4 Å². The number of aromatic nitrogens is 3. The molecule has 0 saturated carbocycles. The summed E-state index contributed by atoms with van der Waals surface area (Å²) < 4.78 is 0. The van der Waals surface area contributed by atoms with Crippen LogP contribution in [0.2, 0.25) is 5.28 Å². The SMILES string of the molecule is O=[N+]([O-])c1c[nH]c2cnc(Cl)nc12.